The molecule has 0 saturated carbocycles. The van der Waals surface area contributed by atoms with Crippen molar-refractivity contribution in [3.63, 3.8) is 0 Å². The first-order valence-electron chi connectivity index (χ1n) is 12.3. The molecule has 5 aromatic rings. The van der Waals surface area contributed by atoms with Gasteiger partial charge in [-0.15, -0.1) is 0 Å². The van der Waals surface area contributed by atoms with E-state index >= 15 is 0 Å². The van der Waals surface area contributed by atoms with E-state index in [-0.39, 0.29) is 5.91 Å². The maximum atomic E-state index is 13.0. The van der Waals surface area contributed by atoms with Crippen LogP contribution in [0.25, 0.3) is 10.9 Å². The zero-order chi connectivity index (χ0) is 25.6. The number of aryl methyl sites for hydroxylation is 2. The molecule has 0 aliphatic carbocycles. The molecule has 0 radical (unpaired) electrons. The Morgan fingerprint density at radius 1 is 0.757 bits per heavy atom. The van der Waals surface area contributed by atoms with Crippen LogP contribution in [0.5, 0.6) is 0 Å². The molecule has 0 aliphatic heterocycles. The smallest absolute Gasteiger partial charge is 0.255 e. The van der Waals surface area contributed by atoms with Crippen LogP contribution >= 0.6 is 0 Å². The molecule has 0 aliphatic rings. The Morgan fingerprint density at radius 2 is 1.49 bits per heavy atom. The van der Waals surface area contributed by atoms with E-state index in [1.807, 2.05) is 80.6 Å². The van der Waals surface area contributed by atoms with Crippen LogP contribution in [0.4, 0.5) is 17.3 Å². The van der Waals surface area contributed by atoms with Gasteiger partial charge in [0, 0.05) is 35.4 Å². The predicted molar refractivity (Wildman–Crippen MR) is 150 cm³/mol. The highest BCUT2D eigenvalue weighted by Crippen LogP contribution is 2.21. The fourth-order valence-electron chi connectivity index (χ4n) is 4.18. The number of nitrogens with zero attached hydrogens (tertiary/aromatic N) is 2. The summed E-state index contributed by atoms with van der Waals surface area (Å²) in [5.74, 6) is 0.378. The molecule has 4 aromatic carbocycles. The lowest BCUT2D eigenvalue weighted by atomic mass is 10.1. The van der Waals surface area contributed by atoms with Crippen molar-refractivity contribution in [2.75, 3.05) is 10.6 Å². The molecule has 6 heteroatoms. The predicted octanol–water partition coefficient (Wildman–Crippen LogP) is 6.53. The number of amides is 1. The number of aromatic nitrogens is 2. The van der Waals surface area contributed by atoms with E-state index in [1.165, 1.54) is 5.56 Å². The third kappa shape index (κ3) is 6.00. The van der Waals surface area contributed by atoms with Gasteiger partial charge in [0.2, 0.25) is 5.95 Å². The Labute approximate surface area is 216 Å². The fourth-order valence-corrected chi connectivity index (χ4v) is 4.18. The van der Waals surface area contributed by atoms with Gasteiger partial charge in [-0.25, -0.2) is 9.97 Å². The SMILES string of the molecule is Cc1ccc(CNCc2ccccc2)cc1NC(=O)c1ccc(Nc2nc(C)c3ccccc3n2)cc1. The second-order valence-electron chi connectivity index (χ2n) is 9.04. The van der Waals surface area contributed by atoms with Crippen molar-refractivity contribution in [2.24, 2.45) is 0 Å². The van der Waals surface area contributed by atoms with Gasteiger partial charge in [0.15, 0.2) is 0 Å². The van der Waals surface area contributed by atoms with Crippen molar-refractivity contribution in [3.8, 4) is 0 Å². The third-order valence-electron chi connectivity index (χ3n) is 6.25. The molecule has 0 spiro atoms. The summed E-state index contributed by atoms with van der Waals surface area (Å²) >= 11 is 0. The Balaban J connectivity index is 1.22. The minimum Gasteiger partial charge on any atom is -0.324 e. The molecule has 37 heavy (non-hydrogen) atoms. The molecular weight excluding hydrogens is 458 g/mol. The fraction of sp³-hybridized carbons (Fsp3) is 0.129. The van der Waals surface area contributed by atoms with Crippen LogP contribution in [0.2, 0.25) is 0 Å². The van der Waals surface area contributed by atoms with E-state index in [0.717, 1.165) is 45.6 Å². The maximum absolute atomic E-state index is 13.0. The van der Waals surface area contributed by atoms with Gasteiger partial charge in [0.1, 0.15) is 0 Å². The lowest BCUT2D eigenvalue weighted by molar-refractivity contribution is 0.102. The number of hydrogen-bond donors (Lipinski definition) is 3. The van der Waals surface area contributed by atoms with Crippen LogP contribution in [0.3, 0.4) is 0 Å². The van der Waals surface area contributed by atoms with Crippen LogP contribution in [-0.2, 0) is 13.1 Å². The van der Waals surface area contributed by atoms with Crippen LogP contribution in [-0.4, -0.2) is 15.9 Å². The molecule has 184 valence electrons. The minimum absolute atomic E-state index is 0.151. The van der Waals surface area contributed by atoms with E-state index in [2.05, 4.69) is 44.1 Å². The lowest BCUT2D eigenvalue weighted by Gasteiger charge is -2.12. The first-order valence-corrected chi connectivity index (χ1v) is 12.3. The molecule has 1 heterocycles. The normalized spacial score (nSPS) is 10.9. The van der Waals surface area contributed by atoms with Crippen LogP contribution in [0.15, 0.2) is 97.1 Å². The van der Waals surface area contributed by atoms with Gasteiger partial charge in [-0.1, -0.05) is 60.7 Å². The van der Waals surface area contributed by atoms with Gasteiger partial charge in [-0.3, -0.25) is 4.79 Å². The number of benzene rings is 4. The van der Waals surface area contributed by atoms with Gasteiger partial charge in [-0.2, -0.15) is 0 Å². The summed E-state index contributed by atoms with van der Waals surface area (Å²) in [4.78, 5) is 22.1. The highest BCUT2D eigenvalue weighted by Gasteiger charge is 2.10. The summed E-state index contributed by atoms with van der Waals surface area (Å²) in [6, 6.07) is 31.7. The summed E-state index contributed by atoms with van der Waals surface area (Å²) < 4.78 is 0. The third-order valence-corrected chi connectivity index (χ3v) is 6.25. The van der Waals surface area contributed by atoms with Crippen molar-refractivity contribution < 1.29 is 4.79 Å². The summed E-state index contributed by atoms with van der Waals surface area (Å²) in [5.41, 5.74) is 7.37. The Hall–Kier alpha value is -4.55. The molecule has 1 amide bonds. The quantitative estimate of drug-likeness (QED) is 0.232. The van der Waals surface area contributed by atoms with Crippen molar-refractivity contribution >= 4 is 34.1 Å². The zero-order valence-electron chi connectivity index (χ0n) is 21.0. The molecule has 0 bridgehead atoms. The second-order valence-corrected chi connectivity index (χ2v) is 9.04. The standard InChI is InChI=1S/C31H29N5O/c1-21-12-13-24(20-32-19-23-8-4-3-5-9-23)18-29(21)35-30(37)25-14-16-26(17-15-25)34-31-33-22(2)27-10-6-7-11-28(27)36-31/h3-18,32H,19-20H2,1-2H3,(H,35,37)(H,33,34,36). The number of carbonyl (C=O) groups is 1. The van der Waals surface area contributed by atoms with E-state index in [0.29, 0.717) is 18.1 Å². The zero-order valence-corrected chi connectivity index (χ0v) is 21.0. The molecule has 1 aromatic heterocycles. The minimum atomic E-state index is -0.151. The monoisotopic (exact) mass is 487 g/mol. The van der Waals surface area contributed by atoms with E-state index in [9.17, 15) is 4.79 Å². The summed E-state index contributed by atoms with van der Waals surface area (Å²) in [6.45, 7) is 5.48. The average molecular weight is 488 g/mol. The first-order chi connectivity index (χ1) is 18.0. The van der Waals surface area contributed by atoms with Crippen LogP contribution in [0, 0.1) is 13.8 Å². The molecule has 0 saturated heterocycles. The summed E-state index contributed by atoms with van der Waals surface area (Å²) in [7, 11) is 0. The van der Waals surface area contributed by atoms with Gasteiger partial charge in [-0.05, 0) is 66.9 Å². The number of anilines is 3. The van der Waals surface area contributed by atoms with E-state index in [1.54, 1.807) is 12.1 Å². The van der Waals surface area contributed by atoms with Crippen molar-refractivity contribution in [1.82, 2.24) is 15.3 Å². The maximum Gasteiger partial charge on any atom is 0.255 e. The molecule has 0 unspecified atom stereocenters. The molecule has 5 rings (SSSR count). The Bertz CT molecular complexity index is 1530. The highest BCUT2D eigenvalue weighted by molar-refractivity contribution is 6.04. The number of nitrogens with one attached hydrogen (secondary N) is 3. The molecule has 0 atom stereocenters. The highest BCUT2D eigenvalue weighted by atomic mass is 16.1. The molecule has 3 N–H and O–H groups in total. The van der Waals surface area contributed by atoms with Crippen molar-refractivity contribution in [3.05, 3.63) is 125 Å². The Kier molecular flexibility index (Phi) is 7.19. The molecule has 0 fully saturated rings. The average Bonchev–Trinajstić information content (AvgIpc) is 2.91. The first kappa shape index (κ1) is 24.2. The number of hydrogen-bond acceptors (Lipinski definition) is 5. The molecule has 6 nitrogen and oxygen atoms in total. The second kappa shape index (κ2) is 11.0. The van der Waals surface area contributed by atoms with Gasteiger partial charge >= 0.3 is 0 Å². The summed E-state index contributed by atoms with van der Waals surface area (Å²) in [5, 5.41) is 10.8. The van der Waals surface area contributed by atoms with Crippen LogP contribution < -0.4 is 16.0 Å². The molecular formula is C31H29N5O. The number of rotatable bonds is 8. The van der Waals surface area contributed by atoms with Gasteiger partial charge in [0.25, 0.3) is 5.91 Å². The largest absolute Gasteiger partial charge is 0.324 e. The van der Waals surface area contributed by atoms with Gasteiger partial charge < -0.3 is 16.0 Å². The van der Waals surface area contributed by atoms with E-state index < -0.39 is 0 Å². The topological polar surface area (TPSA) is 78.9 Å². The number of para-hydroxylation sites is 1. The summed E-state index contributed by atoms with van der Waals surface area (Å²) in [6.07, 6.45) is 0. The van der Waals surface area contributed by atoms with Crippen molar-refractivity contribution in [1.29, 1.82) is 0 Å². The van der Waals surface area contributed by atoms with Crippen molar-refractivity contribution in [2.45, 2.75) is 26.9 Å². The lowest BCUT2D eigenvalue weighted by Crippen LogP contribution is -2.15. The van der Waals surface area contributed by atoms with Gasteiger partial charge in [0.05, 0.1) is 11.2 Å². The number of fused-ring (bicyclic) bond motifs is 1. The van der Waals surface area contributed by atoms with E-state index in [4.69, 9.17) is 0 Å². The number of carbonyl (C=O) groups excluding carboxylic acids is 1. The Morgan fingerprint density at radius 3 is 2.30 bits per heavy atom. The van der Waals surface area contributed by atoms with Crippen LogP contribution in [0.1, 0.15) is 32.7 Å².